The van der Waals surface area contributed by atoms with Gasteiger partial charge in [-0.15, -0.1) is 5.10 Å². The van der Waals surface area contributed by atoms with Crippen LogP contribution < -0.4 is 11.1 Å². The molecule has 1 aromatic heterocycles. The first-order valence-corrected chi connectivity index (χ1v) is 9.43. The monoisotopic (exact) mass is 433 g/mol. The molecule has 28 heavy (non-hydrogen) atoms. The third-order valence-electron chi connectivity index (χ3n) is 4.48. The Balaban J connectivity index is 1.87. The van der Waals surface area contributed by atoms with Crippen molar-refractivity contribution in [3.63, 3.8) is 0 Å². The average Bonchev–Trinajstić information content (AvgIpc) is 3.07. The highest BCUT2D eigenvalue weighted by Gasteiger charge is 2.33. The molecule has 9 heteroatoms. The summed E-state index contributed by atoms with van der Waals surface area (Å²) in [5, 5.41) is 9.15. The van der Waals surface area contributed by atoms with Crippen molar-refractivity contribution in [2.24, 2.45) is 5.73 Å². The predicted octanol–water partition coefficient (Wildman–Crippen LogP) is 4.68. The summed E-state index contributed by atoms with van der Waals surface area (Å²) in [6, 6.07) is 11.8. The van der Waals surface area contributed by atoms with Crippen molar-refractivity contribution in [1.82, 2.24) is 14.8 Å². The molecule has 0 fully saturated rings. The molecule has 1 aliphatic rings. The molecule has 0 aliphatic carbocycles. The van der Waals surface area contributed by atoms with Crippen LogP contribution in [0.15, 0.2) is 53.7 Å². The van der Waals surface area contributed by atoms with Gasteiger partial charge in [-0.3, -0.25) is 4.79 Å². The molecule has 4 rings (SSSR count). The molecular formula is C19H14Cl3N5O. The van der Waals surface area contributed by atoms with E-state index in [0.29, 0.717) is 43.7 Å². The van der Waals surface area contributed by atoms with Crippen LogP contribution in [0.4, 0.5) is 5.95 Å². The van der Waals surface area contributed by atoms with E-state index in [1.165, 1.54) is 0 Å². The number of halogens is 3. The number of rotatable bonds is 3. The second kappa shape index (κ2) is 7.13. The summed E-state index contributed by atoms with van der Waals surface area (Å²) in [6.07, 6.45) is 0. The minimum absolute atomic E-state index is 0.403. The summed E-state index contributed by atoms with van der Waals surface area (Å²) in [5.74, 6) is 0.393. The first-order valence-electron chi connectivity index (χ1n) is 8.30. The van der Waals surface area contributed by atoms with Crippen molar-refractivity contribution in [3.05, 3.63) is 74.4 Å². The molecular weight excluding hydrogens is 421 g/mol. The minimum atomic E-state index is -0.540. The molecule has 3 N–H and O–H groups in total. The van der Waals surface area contributed by atoms with Gasteiger partial charge in [-0.1, -0.05) is 46.9 Å². The standard InChI is InChI=1S/C19H14Cl3N5O/c1-9-15(17(23)28)16(10-2-5-12(20)6-3-10)27-19(24-9)25-18(26-27)11-4-7-13(21)14(22)8-11/h2-8,16H,1H3,(H2,23,28)(H,24,25,26). The lowest BCUT2D eigenvalue weighted by atomic mass is 9.95. The molecule has 142 valence electrons. The van der Waals surface area contributed by atoms with E-state index in [0.717, 1.165) is 5.56 Å². The SMILES string of the molecule is CC1=C(C(N)=O)C(c2ccc(Cl)cc2)n2nc(-c3ccc(Cl)c(Cl)c3)nc2N1. The highest BCUT2D eigenvalue weighted by molar-refractivity contribution is 6.42. The number of anilines is 1. The Labute approximate surface area is 175 Å². The van der Waals surface area contributed by atoms with E-state index in [2.05, 4.69) is 15.4 Å². The average molecular weight is 435 g/mol. The highest BCUT2D eigenvalue weighted by atomic mass is 35.5. The van der Waals surface area contributed by atoms with Crippen molar-refractivity contribution in [3.8, 4) is 11.4 Å². The van der Waals surface area contributed by atoms with Gasteiger partial charge in [0.2, 0.25) is 11.9 Å². The van der Waals surface area contributed by atoms with Gasteiger partial charge in [-0.25, -0.2) is 4.68 Å². The number of nitrogens with one attached hydrogen (secondary N) is 1. The number of hydrogen-bond donors (Lipinski definition) is 2. The zero-order chi connectivity index (χ0) is 20.0. The summed E-state index contributed by atoms with van der Waals surface area (Å²) in [7, 11) is 0. The largest absolute Gasteiger partial charge is 0.366 e. The van der Waals surface area contributed by atoms with Crippen LogP contribution in [-0.4, -0.2) is 20.7 Å². The van der Waals surface area contributed by atoms with Gasteiger partial charge in [0.05, 0.1) is 15.6 Å². The van der Waals surface area contributed by atoms with Crippen molar-refractivity contribution >= 4 is 46.7 Å². The molecule has 1 amide bonds. The molecule has 0 spiro atoms. The Morgan fingerprint density at radius 1 is 1.11 bits per heavy atom. The smallest absolute Gasteiger partial charge is 0.248 e. The molecule has 0 radical (unpaired) electrons. The molecule has 1 unspecified atom stereocenters. The molecule has 1 atom stereocenters. The fourth-order valence-corrected chi connectivity index (χ4v) is 3.61. The zero-order valence-electron chi connectivity index (χ0n) is 14.6. The van der Waals surface area contributed by atoms with Crippen LogP contribution in [0.2, 0.25) is 15.1 Å². The fourth-order valence-electron chi connectivity index (χ4n) is 3.18. The lowest BCUT2D eigenvalue weighted by molar-refractivity contribution is -0.115. The molecule has 6 nitrogen and oxygen atoms in total. The van der Waals surface area contributed by atoms with E-state index in [4.69, 9.17) is 40.5 Å². The van der Waals surface area contributed by atoms with Crippen molar-refractivity contribution in [1.29, 1.82) is 0 Å². The second-order valence-electron chi connectivity index (χ2n) is 6.31. The number of carbonyl (C=O) groups is 1. The van der Waals surface area contributed by atoms with Crippen LogP contribution in [0.5, 0.6) is 0 Å². The first kappa shape index (κ1) is 18.8. The van der Waals surface area contributed by atoms with E-state index >= 15 is 0 Å². The van der Waals surface area contributed by atoms with E-state index < -0.39 is 11.9 Å². The van der Waals surface area contributed by atoms with Gasteiger partial charge >= 0.3 is 0 Å². The Hall–Kier alpha value is -2.54. The number of benzene rings is 2. The molecule has 1 aliphatic heterocycles. The van der Waals surface area contributed by atoms with Crippen LogP contribution >= 0.6 is 34.8 Å². The Morgan fingerprint density at radius 3 is 2.46 bits per heavy atom. The number of allylic oxidation sites excluding steroid dienone is 1. The van der Waals surface area contributed by atoms with Crippen molar-refractivity contribution in [2.75, 3.05) is 5.32 Å². The van der Waals surface area contributed by atoms with Crippen LogP contribution in [0.1, 0.15) is 18.5 Å². The van der Waals surface area contributed by atoms with Gasteiger partial charge in [0.1, 0.15) is 6.04 Å². The van der Waals surface area contributed by atoms with E-state index in [1.807, 2.05) is 12.1 Å². The summed E-state index contributed by atoms with van der Waals surface area (Å²) in [6.45, 7) is 1.78. The molecule has 2 aromatic carbocycles. The van der Waals surface area contributed by atoms with Gasteiger partial charge in [-0.2, -0.15) is 4.98 Å². The van der Waals surface area contributed by atoms with Gasteiger partial charge in [0.15, 0.2) is 5.82 Å². The third kappa shape index (κ3) is 3.24. The normalized spacial score (nSPS) is 15.9. The number of fused-ring (bicyclic) bond motifs is 1. The van der Waals surface area contributed by atoms with Crippen LogP contribution in [0.25, 0.3) is 11.4 Å². The van der Waals surface area contributed by atoms with Gasteiger partial charge in [0, 0.05) is 16.3 Å². The van der Waals surface area contributed by atoms with Crippen molar-refractivity contribution < 1.29 is 4.79 Å². The number of hydrogen-bond acceptors (Lipinski definition) is 4. The Kier molecular flexibility index (Phi) is 4.79. The summed E-state index contributed by atoms with van der Waals surface area (Å²) < 4.78 is 1.63. The molecule has 0 bridgehead atoms. The second-order valence-corrected chi connectivity index (χ2v) is 7.57. The van der Waals surface area contributed by atoms with Gasteiger partial charge in [-0.05, 0) is 42.8 Å². The molecule has 2 heterocycles. The van der Waals surface area contributed by atoms with Gasteiger partial charge < -0.3 is 11.1 Å². The minimum Gasteiger partial charge on any atom is -0.366 e. The van der Waals surface area contributed by atoms with Crippen LogP contribution in [-0.2, 0) is 4.79 Å². The lowest BCUT2D eigenvalue weighted by Gasteiger charge is -2.27. The number of nitrogens with two attached hydrogens (primary N) is 1. The lowest BCUT2D eigenvalue weighted by Crippen LogP contribution is -2.31. The van der Waals surface area contributed by atoms with Crippen molar-refractivity contribution in [2.45, 2.75) is 13.0 Å². The number of nitrogens with zero attached hydrogens (tertiary/aromatic N) is 3. The molecule has 0 saturated heterocycles. The summed E-state index contributed by atoms with van der Waals surface area (Å²) >= 11 is 18.1. The van der Waals surface area contributed by atoms with E-state index in [-0.39, 0.29) is 0 Å². The molecule has 0 saturated carbocycles. The third-order valence-corrected chi connectivity index (χ3v) is 5.47. The maximum atomic E-state index is 12.2. The first-order chi connectivity index (χ1) is 13.3. The van der Waals surface area contributed by atoms with Crippen LogP contribution in [0, 0.1) is 0 Å². The zero-order valence-corrected chi connectivity index (χ0v) is 16.8. The fraction of sp³-hybridized carbons (Fsp3) is 0.105. The van der Waals surface area contributed by atoms with E-state index in [9.17, 15) is 4.79 Å². The summed E-state index contributed by atoms with van der Waals surface area (Å²) in [5.41, 5.74) is 8.20. The predicted molar refractivity (Wildman–Crippen MR) is 111 cm³/mol. The quantitative estimate of drug-likeness (QED) is 0.627. The molecule has 3 aromatic rings. The Bertz CT molecular complexity index is 1120. The number of aromatic nitrogens is 3. The number of primary amides is 1. The number of carbonyl (C=O) groups excluding carboxylic acids is 1. The topological polar surface area (TPSA) is 85.8 Å². The van der Waals surface area contributed by atoms with Crippen LogP contribution in [0.3, 0.4) is 0 Å². The maximum Gasteiger partial charge on any atom is 0.248 e. The highest BCUT2D eigenvalue weighted by Crippen LogP contribution is 2.37. The number of amides is 1. The Morgan fingerprint density at radius 2 is 1.82 bits per heavy atom. The van der Waals surface area contributed by atoms with Gasteiger partial charge in [0.25, 0.3) is 0 Å². The van der Waals surface area contributed by atoms with E-state index in [1.54, 1.807) is 41.9 Å². The summed E-state index contributed by atoms with van der Waals surface area (Å²) in [4.78, 5) is 16.7. The maximum absolute atomic E-state index is 12.2.